The molecule has 158 valence electrons. The van der Waals surface area contributed by atoms with Crippen molar-refractivity contribution in [1.29, 1.82) is 0 Å². The van der Waals surface area contributed by atoms with Gasteiger partial charge < -0.3 is 14.8 Å². The average molecular weight is 438 g/mol. The summed E-state index contributed by atoms with van der Waals surface area (Å²) < 4.78 is 10.7. The molecule has 8 heteroatoms. The standard InChI is InChI=1S/C23H20ClN3O4/c1-30-20-10-8-19(9-11-20)26-22(28)15-31-21-12-7-18(24)13-17(21)14-25-27-23(29)16-5-3-2-4-6-16/h2-14H,15H2,1H3,(H,26,28)(H,27,29)/b25-14+. The van der Waals surface area contributed by atoms with E-state index >= 15 is 0 Å². The van der Waals surface area contributed by atoms with Crippen molar-refractivity contribution in [3.8, 4) is 11.5 Å². The second-order valence-corrected chi connectivity index (χ2v) is 6.75. The van der Waals surface area contributed by atoms with Crippen molar-refractivity contribution in [2.45, 2.75) is 0 Å². The molecule has 0 unspecified atom stereocenters. The Morgan fingerprint density at radius 2 is 1.77 bits per heavy atom. The third kappa shape index (κ3) is 6.58. The molecule has 3 rings (SSSR count). The van der Waals surface area contributed by atoms with Crippen molar-refractivity contribution in [1.82, 2.24) is 5.43 Å². The summed E-state index contributed by atoms with van der Waals surface area (Å²) in [6.45, 7) is -0.217. The van der Waals surface area contributed by atoms with Gasteiger partial charge in [-0.05, 0) is 54.6 Å². The zero-order valence-electron chi connectivity index (χ0n) is 16.7. The van der Waals surface area contributed by atoms with Gasteiger partial charge in [-0.15, -0.1) is 0 Å². The molecule has 0 bridgehead atoms. The second-order valence-electron chi connectivity index (χ2n) is 6.31. The Hall–Kier alpha value is -3.84. The maximum atomic E-state index is 12.2. The van der Waals surface area contributed by atoms with Gasteiger partial charge in [0.25, 0.3) is 11.8 Å². The van der Waals surface area contributed by atoms with Gasteiger partial charge in [-0.3, -0.25) is 9.59 Å². The molecule has 0 aliphatic carbocycles. The zero-order valence-corrected chi connectivity index (χ0v) is 17.4. The molecule has 3 aromatic rings. The monoisotopic (exact) mass is 437 g/mol. The van der Waals surface area contributed by atoms with Crippen molar-refractivity contribution >= 4 is 35.3 Å². The van der Waals surface area contributed by atoms with Gasteiger partial charge in [-0.25, -0.2) is 5.43 Å². The molecule has 0 aliphatic rings. The number of carbonyl (C=O) groups is 2. The Bertz CT molecular complexity index is 1070. The number of halogens is 1. The summed E-state index contributed by atoms with van der Waals surface area (Å²) in [6, 6.07) is 20.5. The predicted molar refractivity (Wildman–Crippen MR) is 120 cm³/mol. The summed E-state index contributed by atoms with van der Waals surface area (Å²) in [4.78, 5) is 24.3. The van der Waals surface area contributed by atoms with E-state index in [2.05, 4.69) is 15.8 Å². The molecule has 0 radical (unpaired) electrons. The van der Waals surface area contributed by atoms with Crippen LogP contribution in [0.3, 0.4) is 0 Å². The number of amides is 2. The van der Waals surface area contributed by atoms with Crippen LogP contribution in [-0.4, -0.2) is 31.7 Å². The van der Waals surface area contributed by atoms with Crippen molar-refractivity contribution in [3.05, 3.63) is 88.9 Å². The SMILES string of the molecule is COc1ccc(NC(=O)COc2ccc(Cl)cc2/C=N/NC(=O)c2ccccc2)cc1. The van der Waals surface area contributed by atoms with Gasteiger partial charge in [0.15, 0.2) is 6.61 Å². The Morgan fingerprint density at radius 3 is 2.48 bits per heavy atom. The third-order valence-electron chi connectivity index (χ3n) is 4.11. The van der Waals surface area contributed by atoms with Crippen molar-refractivity contribution in [2.75, 3.05) is 19.0 Å². The Morgan fingerprint density at radius 1 is 1.03 bits per heavy atom. The number of hydrogen-bond acceptors (Lipinski definition) is 5. The minimum absolute atomic E-state index is 0.217. The third-order valence-corrected chi connectivity index (χ3v) is 4.35. The highest BCUT2D eigenvalue weighted by Gasteiger charge is 2.08. The molecule has 0 saturated heterocycles. The van der Waals surface area contributed by atoms with E-state index in [1.165, 1.54) is 6.21 Å². The number of nitrogens with one attached hydrogen (secondary N) is 2. The van der Waals surface area contributed by atoms with E-state index in [1.54, 1.807) is 73.8 Å². The van der Waals surface area contributed by atoms with Crippen molar-refractivity contribution < 1.29 is 19.1 Å². The first kappa shape index (κ1) is 21.9. The minimum atomic E-state index is -0.347. The topological polar surface area (TPSA) is 89.0 Å². The van der Waals surface area contributed by atoms with Crippen LogP contribution in [-0.2, 0) is 4.79 Å². The highest BCUT2D eigenvalue weighted by atomic mass is 35.5. The van der Waals surface area contributed by atoms with Crippen LogP contribution in [0.4, 0.5) is 5.69 Å². The summed E-state index contributed by atoms with van der Waals surface area (Å²) in [5.41, 5.74) is 4.06. The molecule has 3 aromatic carbocycles. The molecular weight excluding hydrogens is 418 g/mol. The number of ether oxygens (including phenoxy) is 2. The van der Waals surface area contributed by atoms with Crippen LogP contribution < -0.4 is 20.2 Å². The van der Waals surface area contributed by atoms with E-state index < -0.39 is 0 Å². The molecule has 0 atom stereocenters. The summed E-state index contributed by atoms with van der Waals surface area (Å²) in [7, 11) is 1.57. The summed E-state index contributed by atoms with van der Waals surface area (Å²) in [5.74, 6) is 0.409. The molecule has 0 heterocycles. The van der Waals surface area contributed by atoms with Gasteiger partial charge in [0, 0.05) is 21.8 Å². The lowest BCUT2D eigenvalue weighted by atomic mass is 10.2. The fourth-order valence-electron chi connectivity index (χ4n) is 2.58. The average Bonchev–Trinajstić information content (AvgIpc) is 2.79. The Balaban J connectivity index is 1.59. The number of anilines is 1. The van der Waals surface area contributed by atoms with Crippen LogP contribution in [0.15, 0.2) is 77.9 Å². The lowest BCUT2D eigenvalue weighted by Gasteiger charge is -2.10. The van der Waals surface area contributed by atoms with Crippen LogP contribution >= 0.6 is 11.6 Å². The van der Waals surface area contributed by atoms with Crippen LogP contribution in [0.5, 0.6) is 11.5 Å². The highest BCUT2D eigenvalue weighted by Crippen LogP contribution is 2.22. The molecule has 0 spiro atoms. The largest absolute Gasteiger partial charge is 0.497 e. The number of hydrazone groups is 1. The molecule has 0 saturated carbocycles. The number of benzene rings is 3. The maximum Gasteiger partial charge on any atom is 0.271 e. The van der Waals surface area contributed by atoms with Crippen molar-refractivity contribution in [3.63, 3.8) is 0 Å². The van der Waals surface area contributed by atoms with E-state index in [4.69, 9.17) is 21.1 Å². The van der Waals surface area contributed by atoms with Crippen LogP contribution in [0.25, 0.3) is 0 Å². The molecule has 31 heavy (non-hydrogen) atoms. The van der Waals surface area contributed by atoms with Gasteiger partial charge in [0.1, 0.15) is 11.5 Å². The number of hydrogen-bond donors (Lipinski definition) is 2. The first-order valence-electron chi connectivity index (χ1n) is 9.30. The Kier molecular flexibility index (Phi) is 7.61. The van der Waals surface area contributed by atoms with Gasteiger partial charge in [-0.1, -0.05) is 29.8 Å². The molecule has 0 fully saturated rings. The quantitative estimate of drug-likeness (QED) is 0.409. The molecule has 0 aliphatic heterocycles. The predicted octanol–water partition coefficient (Wildman–Crippen LogP) is 4.13. The van der Waals surface area contributed by atoms with E-state index in [1.807, 2.05) is 6.07 Å². The number of nitrogens with zero attached hydrogens (tertiary/aromatic N) is 1. The van der Waals surface area contributed by atoms with E-state index in [9.17, 15) is 9.59 Å². The van der Waals surface area contributed by atoms with E-state index in [0.717, 1.165) is 0 Å². The van der Waals surface area contributed by atoms with Crippen LogP contribution in [0, 0.1) is 0 Å². The second kappa shape index (κ2) is 10.8. The number of rotatable bonds is 8. The van der Waals surface area contributed by atoms with Gasteiger partial charge in [-0.2, -0.15) is 5.10 Å². The fraction of sp³-hybridized carbons (Fsp3) is 0.0870. The van der Waals surface area contributed by atoms with Crippen LogP contribution in [0.1, 0.15) is 15.9 Å². The molecular formula is C23H20ClN3O4. The summed E-state index contributed by atoms with van der Waals surface area (Å²) >= 11 is 6.05. The minimum Gasteiger partial charge on any atom is -0.497 e. The molecule has 2 N–H and O–H groups in total. The van der Waals surface area contributed by atoms with Crippen LogP contribution in [0.2, 0.25) is 5.02 Å². The normalized spacial score (nSPS) is 10.5. The molecule has 2 amide bonds. The molecule has 0 aromatic heterocycles. The lowest BCUT2D eigenvalue weighted by molar-refractivity contribution is -0.118. The number of carbonyl (C=O) groups excluding carboxylic acids is 2. The van der Waals surface area contributed by atoms with Gasteiger partial charge >= 0.3 is 0 Å². The zero-order chi connectivity index (χ0) is 22.1. The first-order chi connectivity index (χ1) is 15.0. The number of methoxy groups -OCH3 is 1. The summed E-state index contributed by atoms with van der Waals surface area (Å²) in [6.07, 6.45) is 1.41. The smallest absolute Gasteiger partial charge is 0.271 e. The Labute approximate surface area is 184 Å². The van der Waals surface area contributed by atoms with E-state index in [0.29, 0.717) is 33.3 Å². The summed E-state index contributed by atoms with van der Waals surface area (Å²) in [5, 5.41) is 7.15. The van der Waals surface area contributed by atoms with Crippen molar-refractivity contribution in [2.24, 2.45) is 5.10 Å². The molecule has 7 nitrogen and oxygen atoms in total. The maximum absolute atomic E-state index is 12.2. The lowest BCUT2D eigenvalue weighted by Crippen LogP contribution is -2.20. The van der Waals surface area contributed by atoms with Gasteiger partial charge in [0.05, 0.1) is 13.3 Å². The van der Waals surface area contributed by atoms with Gasteiger partial charge in [0.2, 0.25) is 0 Å². The van der Waals surface area contributed by atoms with E-state index in [-0.39, 0.29) is 18.4 Å². The fourth-order valence-corrected chi connectivity index (χ4v) is 2.76. The highest BCUT2D eigenvalue weighted by molar-refractivity contribution is 6.30. The first-order valence-corrected chi connectivity index (χ1v) is 9.67.